The number of hydrogen-bond donors (Lipinski definition) is 0. The van der Waals surface area contributed by atoms with E-state index in [0.29, 0.717) is 16.3 Å². The monoisotopic (exact) mass is 419 g/mol. The molecule has 3 heterocycles. The minimum absolute atomic E-state index is 0.0846. The van der Waals surface area contributed by atoms with Crippen molar-refractivity contribution >= 4 is 45.2 Å². The Morgan fingerprint density at radius 3 is 2.55 bits per heavy atom. The van der Waals surface area contributed by atoms with E-state index in [1.807, 2.05) is 0 Å². The number of carbonyl (C=O) groups excluding carboxylic acids is 4. The molecule has 11 heteroatoms. The molecule has 4 rings (SSSR count). The first-order valence-corrected chi connectivity index (χ1v) is 9.68. The Morgan fingerprint density at radius 2 is 1.86 bits per heavy atom. The van der Waals surface area contributed by atoms with Gasteiger partial charge in [-0.3, -0.25) is 24.1 Å². The van der Waals surface area contributed by atoms with E-state index in [1.165, 1.54) is 18.4 Å². The van der Waals surface area contributed by atoms with E-state index in [-0.39, 0.29) is 44.4 Å². The molecule has 152 valence electrons. The lowest BCUT2D eigenvalue weighted by Crippen LogP contribution is -2.34. The van der Waals surface area contributed by atoms with Gasteiger partial charge in [0.1, 0.15) is 6.54 Å². The maximum absolute atomic E-state index is 12.4. The van der Waals surface area contributed by atoms with E-state index in [1.54, 1.807) is 16.7 Å². The summed E-state index contributed by atoms with van der Waals surface area (Å²) in [7, 11) is 1.30. The van der Waals surface area contributed by atoms with Gasteiger partial charge in [-0.05, 0) is 0 Å². The summed E-state index contributed by atoms with van der Waals surface area (Å²) >= 11 is 1.24. The van der Waals surface area contributed by atoms with Crippen LogP contribution in [0.25, 0.3) is 10.2 Å². The highest BCUT2D eigenvalue weighted by atomic mass is 32.1. The average molecular weight is 419 g/mol. The Morgan fingerprint density at radius 1 is 1.17 bits per heavy atom. The summed E-state index contributed by atoms with van der Waals surface area (Å²) < 4.78 is 18.0. The molecule has 29 heavy (non-hydrogen) atoms. The number of methoxy groups -OCH3 is 1. The van der Waals surface area contributed by atoms with Gasteiger partial charge in [0.25, 0.3) is 5.91 Å². The quantitative estimate of drug-likeness (QED) is 0.514. The largest absolute Gasteiger partial charge is 0.469 e. The zero-order valence-corrected chi connectivity index (χ0v) is 16.3. The zero-order valence-electron chi connectivity index (χ0n) is 15.5. The number of benzene rings is 1. The van der Waals surface area contributed by atoms with Gasteiger partial charge >= 0.3 is 5.97 Å². The number of carbonyl (C=O) groups is 4. The van der Waals surface area contributed by atoms with Crippen LogP contribution in [0.5, 0.6) is 11.5 Å². The van der Waals surface area contributed by atoms with Gasteiger partial charge in [-0.15, -0.1) is 0 Å². The van der Waals surface area contributed by atoms with Crippen LogP contribution in [-0.2, 0) is 30.5 Å². The molecule has 0 atom stereocenters. The molecule has 0 unspecified atom stereocenters. The minimum atomic E-state index is -0.619. The Labute approximate surface area is 168 Å². The second-order valence-electron chi connectivity index (χ2n) is 6.41. The highest BCUT2D eigenvalue weighted by Crippen LogP contribution is 2.37. The summed E-state index contributed by atoms with van der Waals surface area (Å²) in [6, 6.07) is 3.55. The van der Waals surface area contributed by atoms with E-state index >= 15 is 0 Å². The fraction of sp³-hybridized carbons (Fsp3) is 0.389. The van der Waals surface area contributed by atoms with Gasteiger partial charge in [0.2, 0.25) is 18.6 Å². The lowest BCUT2D eigenvalue weighted by molar-refractivity contribution is -0.142. The van der Waals surface area contributed by atoms with Crippen LogP contribution in [-0.4, -0.2) is 53.6 Å². The number of hydrogen-bond acceptors (Lipinski definition) is 8. The molecule has 2 aliphatic rings. The SMILES string of the molecule is COC(=O)CCn1c(=NC(=O)CN2C(=O)CCC2=O)sc2cc3c(cc21)OCO3. The van der Waals surface area contributed by atoms with Crippen molar-refractivity contribution in [2.24, 2.45) is 4.99 Å². The van der Waals surface area contributed by atoms with Crippen LogP contribution in [0.1, 0.15) is 19.3 Å². The second kappa shape index (κ2) is 7.66. The topological polar surface area (TPSA) is 116 Å². The minimum Gasteiger partial charge on any atom is -0.469 e. The van der Waals surface area contributed by atoms with Crippen LogP contribution >= 0.6 is 11.3 Å². The molecule has 3 amide bonds. The van der Waals surface area contributed by atoms with E-state index < -0.39 is 18.4 Å². The van der Waals surface area contributed by atoms with Gasteiger partial charge < -0.3 is 18.8 Å². The molecule has 0 N–H and O–H groups in total. The van der Waals surface area contributed by atoms with Crippen LogP contribution in [0.3, 0.4) is 0 Å². The van der Waals surface area contributed by atoms with Gasteiger partial charge in [-0.25, -0.2) is 0 Å². The predicted octanol–water partition coefficient (Wildman–Crippen LogP) is 0.571. The van der Waals surface area contributed by atoms with Gasteiger partial charge in [0, 0.05) is 31.5 Å². The first-order valence-electron chi connectivity index (χ1n) is 8.87. The fourth-order valence-electron chi connectivity index (χ4n) is 3.14. The maximum atomic E-state index is 12.4. The first kappa shape index (κ1) is 19.1. The molecule has 2 aromatic rings. The summed E-state index contributed by atoms with van der Waals surface area (Å²) in [6.07, 6.45) is 0.306. The molecule has 0 aliphatic carbocycles. The standard InChI is InChI=1S/C18H17N3O7S/c1-26-17(25)4-5-20-10-6-11-12(28-9-27-11)7-13(10)29-18(20)19-14(22)8-21-15(23)2-3-16(21)24/h6-7H,2-5,8-9H2,1H3. The average Bonchev–Trinajstić information content (AvgIpc) is 3.37. The molecule has 1 aromatic carbocycles. The number of aromatic nitrogens is 1. The zero-order chi connectivity index (χ0) is 20.5. The summed E-state index contributed by atoms with van der Waals surface area (Å²) in [5.74, 6) is -0.619. The Bertz CT molecular complexity index is 1080. The van der Waals surface area contributed by atoms with Crippen molar-refractivity contribution in [1.82, 2.24) is 9.47 Å². The number of esters is 1. The van der Waals surface area contributed by atoms with E-state index in [9.17, 15) is 19.2 Å². The summed E-state index contributed by atoms with van der Waals surface area (Å²) in [5.41, 5.74) is 0.725. The van der Waals surface area contributed by atoms with Crippen LogP contribution in [0.4, 0.5) is 0 Å². The predicted molar refractivity (Wildman–Crippen MR) is 99.1 cm³/mol. The number of ether oxygens (including phenoxy) is 3. The summed E-state index contributed by atoms with van der Waals surface area (Å²) in [6.45, 7) is -0.0337. The number of rotatable bonds is 5. The van der Waals surface area contributed by atoms with Crippen molar-refractivity contribution in [3.63, 3.8) is 0 Å². The lowest BCUT2D eigenvalue weighted by atomic mass is 10.3. The van der Waals surface area contributed by atoms with Crippen molar-refractivity contribution in [2.75, 3.05) is 20.4 Å². The van der Waals surface area contributed by atoms with E-state index in [2.05, 4.69) is 4.99 Å². The molecule has 0 radical (unpaired) electrons. The first-order chi connectivity index (χ1) is 14.0. The molecule has 1 fully saturated rings. The number of thiazole rings is 1. The molecular formula is C18H17N3O7S. The smallest absolute Gasteiger partial charge is 0.307 e. The molecule has 0 spiro atoms. The normalized spacial score (nSPS) is 16.2. The third kappa shape index (κ3) is 3.73. The van der Waals surface area contributed by atoms with Gasteiger partial charge in [-0.1, -0.05) is 11.3 Å². The number of likely N-dealkylation sites (tertiary alicyclic amines) is 1. The Kier molecular flexibility index (Phi) is 5.05. The molecule has 1 aromatic heterocycles. The number of imide groups is 1. The number of amides is 3. The third-order valence-electron chi connectivity index (χ3n) is 4.61. The molecule has 0 saturated carbocycles. The molecular weight excluding hydrogens is 402 g/mol. The third-order valence-corrected chi connectivity index (χ3v) is 5.65. The summed E-state index contributed by atoms with van der Waals surface area (Å²) in [5, 5.41) is 0. The van der Waals surface area contributed by atoms with Gasteiger partial charge in [-0.2, -0.15) is 4.99 Å². The van der Waals surface area contributed by atoms with Crippen molar-refractivity contribution in [3.8, 4) is 11.5 Å². The molecule has 10 nitrogen and oxygen atoms in total. The Hall–Kier alpha value is -3.21. The van der Waals surface area contributed by atoms with Gasteiger partial charge in [0.15, 0.2) is 16.3 Å². The van der Waals surface area contributed by atoms with Crippen molar-refractivity contribution in [1.29, 1.82) is 0 Å². The maximum Gasteiger partial charge on any atom is 0.307 e. The summed E-state index contributed by atoms with van der Waals surface area (Å²) in [4.78, 5) is 52.9. The number of nitrogens with zero attached hydrogens (tertiary/aromatic N) is 3. The van der Waals surface area contributed by atoms with Crippen LogP contribution in [0.15, 0.2) is 17.1 Å². The van der Waals surface area contributed by atoms with Crippen LogP contribution in [0.2, 0.25) is 0 Å². The molecule has 1 saturated heterocycles. The highest BCUT2D eigenvalue weighted by Gasteiger charge is 2.30. The van der Waals surface area contributed by atoms with Crippen LogP contribution < -0.4 is 14.3 Å². The van der Waals surface area contributed by atoms with Crippen molar-refractivity contribution < 1.29 is 33.4 Å². The fourth-order valence-corrected chi connectivity index (χ4v) is 4.23. The molecule has 0 bridgehead atoms. The molecule has 2 aliphatic heterocycles. The second-order valence-corrected chi connectivity index (χ2v) is 7.42. The lowest BCUT2D eigenvalue weighted by Gasteiger charge is -2.10. The number of fused-ring (bicyclic) bond motifs is 2. The number of aryl methyl sites for hydroxylation is 1. The van der Waals surface area contributed by atoms with Crippen LogP contribution in [0, 0.1) is 0 Å². The van der Waals surface area contributed by atoms with E-state index in [4.69, 9.17) is 14.2 Å². The van der Waals surface area contributed by atoms with Crippen molar-refractivity contribution in [3.05, 3.63) is 16.9 Å². The van der Waals surface area contributed by atoms with Gasteiger partial charge in [0.05, 0.1) is 23.7 Å². The van der Waals surface area contributed by atoms with E-state index in [0.717, 1.165) is 15.1 Å². The highest BCUT2D eigenvalue weighted by molar-refractivity contribution is 7.16. The van der Waals surface area contributed by atoms with Crippen molar-refractivity contribution in [2.45, 2.75) is 25.8 Å². The Balaban J connectivity index is 1.70.